The van der Waals surface area contributed by atoms with Crippen LogP contribution in [0.25, 0.3) is 0 Å². The van der Waals surface area contributed by atoms with E-state index < -0.39 is 0 Å². The molecule has 0 radical (unpaired) electrons. The van der Waals surface area contributed by atoms with Crippen LogP contribution in [-0.2, 0) is 16.0 Å². The lowest BCUT2D eigenvalue weighted by molar-refractivity contribution is -0.122. The molecule has 1 aliphatic rings. The minimum atomic E-state index is -0.354. The summed E-state index contributed by atoms with van der Waals surface area (Å²) in [6.45, 7) is 2.72. The second-order valence-corrected chi connectivity index (χ2v) is 8.18. The average Bonchev–Trinajstić information content (AvgIpc) is 3.08. The number of amides is 2. The minimum absolute atomic E-state index is 0.0272. The number of halogens is 1. The van der Waals surface area contributed by atoms with Gasteiger partial charge in [-0.25, -0.2) is 0 Å². The molecule has 4 nitrogen and oxygen atoms in total. The van der Waals surface area contributed by atoms with Crippen LogP contribution in [0.1, 0.15) is 49.7 Å². The Labute approximate surface area is 171 Å². The van der Waals surface area contributed by atoms with Crippen molar-refractivity contribution in [2.24, 2.45) is 0 Å². The summed E-state index contributed by atoms with van der Waals surface area (Å²) in [5.74, 6) is 0.353. The van der Waals surface area contributed by atoms with Gasteiger partial charge in [-0.2, -0.15) is 0 Å². The second-order valence-electron chi connectivity index (χ2n) is 7.75. The Balaban J connectivity index is 1.54. The Morgan fingerprint density at radius 1 is 1.18 bits per heavy atom. The Morgan fingerprint density at radius 3 is 2.54 bits per heavy atom. The maximum atomic E-state index is 12.4. The number of hydrogen-bond donors (Lipinski definition) is 2. The first-order valence-corrected chi connectivity index (χ1v) is 10.2. The van der Waals surface area contributed by atoms with Crippen LogP contribution in [0.3, 0.4) is 0 Å². The molecule has 1 fully saturated rings. The molecule has 2 amide bonds. The van der Waals surface area contributed by atoms with Gasteiger partial charge in [0.25, 0.3) is 0 Å². The molecule has 5 heteroatoms. The largest absolute Gasteiger partial charge is 0.356 e. The third-order valence-electron chi connectivity index (χ3n) is 5.50. The molecule has 2 aromatic rings. The number of carbonyl (C=O) groups is 2. The molecule has 0 spiro atoms. The van der Waals surface area contributed by atoms with Gasteiger partial charge in [-0.05, 0) is 48.4 Å². The molecule has 1 aliphatic heterocycles. The molecular formula is C23H27ClN2O2. The highest BCUT2D eigenvalue weighted by Gasteiger charge is 2.37. The molecule has 2 N–H and O–H groups in total. The van der Waals surface area contributed by atoms with E-state index in [-0.39, 0.29) is 23.3 Å². The smallest absolute Gasteiger partial charge is 0.220 e. The van der Waals surface area contributed by atoms with Crippen LogP contribution in [0.15, 0.2) is 54.6 Å². The summed E-state index contributed by atoms with van der Waals surface area (Å²) in [5.41, 5.74) is 1.97. The van der Waals surface area contributed by atoms with E-state index in [4.69, 9.17) is 11.6 Å². The van der Waals surface area contributed by atoms with Gasteiger partial charge in [0.05, 0.1) is 0 Å². The summed E-state index contributed by atoms with van der Waals surface area (Å²) < 4.78 is 0. The molecule has 148 valence electrons. The number of hydrogen-bond acceptors (Lipinski definition) is 2. The van der Waals surface area contributed by atoms with Crippen molar-refractivity contribution in [3.8, 4) is 0 Å². The van der Waals surface area contributed by atoms with E-state index in [9.17, 15) is 9.59 Å². The zero-order chi connectivity index (χ0) is 20.0. The van der Waals surface area contributed by atoms with Crippen molar-refractivity contribution in [1.29, 1.82) is 0 Å². The zero-order valence-corrected chi connectivity index (χ0v) is 17.0. The normalized spacial score (nSPS) is 19.9. The SMILES string of the molecule is C[C@H](CNC(=O)CC[C@]1(Cc2ccc(Cl)cc2)CCC(=O)N1)c1ccccc1. The Kier molecular flexibility index (Phi) is 6.74. The maximum Gasteiger partial charge on any atom is 0.220 e. The first kappa shape index (κ1) is 20.4. The Bertz CT molecular complexity index is 807. The molecule has 3 rings (SSSR count). The van der Waals surface area contributed by atoms with Gasteiger partial charge in [0.15, 0.2) is 0 Å². The van der Waals surface area contributed by atoms with Gasteiger partial charge in [-0.15, -0.1) is 0 Å². The van der Waals surface area contributed by atoms with Crippen LogP contribution in [-0.4, -0.2) is 23.9 Å². The first-order chi connectivity index (χ1) is 13.5. The average molecular weight is 399 g/mol. The van der Waals surface area contributed by atoms with E-state index in [0.717, 1.165) is 12.0 Å². The van der Waals surface area contributed by atoms with Gasteiger partial charge in [-0.1, -0.05) is 61.0 Å². The second kappa shape index (κ2) is 9.24. The molecular weight excluding hydrogens is 372 g/mol. The van der Waals surface area contributed by atoms with Crippen molar-refractivity contribution < 1.29 is 9.59 Å². The van der Waals surface area contributed by atoms with E-state index in [0.29, 0.717) is 37.3 Å². The van der Waals surface area contributed by atoms with Crippen LogP contribution < -0.4 is 10.6 Å². The Hall–Kier alpha value is -2.33. The summed E-state index contributed by atoms with van der Waals surface area (Å²) >= 11 is 5.97. The first-order valence-electron chi connectivity index (χ1n) is 9.83. The fourth-order valence-corrected chi connectivity index (χ4v) is 3.91. The standard InChI is InChI=1S/C23H27ClN2O2/c1-17(19-5-3-2-4-6-19)16-25-21(27)11-13-23(14-12-22(28)26-23)15-18-7-9-20(24)10-8-18/h2-10,17H,11-16H2,1H3,(H,25,27)(H,26,28)/t17-,23-/m1/s1. The molecule has 2 aromatic carbocycles. The van der Waals surface area contributed by atoms with Gasteiger partial charge >= 0.3 is 0 Å². The summed E-state index contributed by atoms with van der Waals surface area (Å²) in [5, 5.41) is 6.85. The van der Waals surface area contributed by atoms with Crippen molar-refractivity contribution in [3.63, 3.8) is 0 Å². The minimum Gasteiger partial charge on any atom is -0.356 e. The highest BCUT2D eigenvalue weighted by atomic mass is 35.5. The van der Waals surface area contributed by atoms with Crippen molar-refractivity contribution in [2.45, 2.75) is 50.5 Å². The number of benzene rings is 2. The Morgan fingerprint density at radius 2 is 1.89 bits per heavy atom. The molecule has 2 atom stereocenters. The summed E-state index contributed by atoms with van der Waals surface area (Å²) in [6, 6.07) is 17.8. The molecule has 0 saturated carbocycles. The van der Waals surface area contributed by atoms with Gasteiger partial charge < -0.3 is 10.6 Å². The third-order valence-corrected chi connectivity index (χ3v) is 5.75. The zero-order valence-electron chi connectivity index (χ0n) is 16.2. The lowest BCUT2D eigenvalue weighted by atomic mass is 9.85. The molecule has 0 bridgehead atoms. The quantitative estimate of drug-likeness (QED) is 0.699. The van der Waals surface area contributed by atoms with Crippen LogP contribution in [0.2, 0.25) is 5.02 Å². The van der Waals surface area contributed by atoms with Crippen LogP contribution >= 0.6 is 11.6 Å². The molecule has 28 heavy (non-hydrogen) atoms. The van der Waals surface area contributed by atoms with Crippen LogP contribution in [0.5, 0.6) is 0 Å². The number of rotatable bonds is 8. The predicted octanol–water partition coefficient (Wildman–Crippen LogP) is 4.23. The van der Waals surface area contributed by atoms with Crippen molar-refractivity contribution in [1.82, 2.24) is 10.6 Å². The molecule has 0 aliphatic carbocycles. The lowest BCUT2D eigenvalue weighted by Gasteiger charge is -2.29. The molecule has 1 heterocycles. The third kappa shape index (κ3) is 5.59. The highest BCUT2D eigenvalue weighted by molar-refractivity contribution is 6.30. The van der Waals surface area contributed by atoms with Gasteiger partial charge in [0.2, 0.25) is 11.8 Å². The maximum absolute atomic E-state index is 12.4. The van der Waals surface area contributed by atoms with Gasteiger partial charge in [0.1, 0.15) is 0 Å². The van der Waals surface area contributed by atoms with Crippen molar-refractivity contribution in [3.05, 3.63) is 70.7 Å². The lowest BCUT2D eigenvalue weighted by Crippen LogP contribution is -2.44. The van der Waals surface area contributed by atoms with Gasteiger partial charge in [-0.3, -0.25) is 9.59 Å². The van der Waals surface area contributed by atoms with E-state index in [1.165, 1.54) is 5.56 Å². The number of carbonyl (C=O) groups excluding carboxylic acids is 2. The molecule has 0 unspecified atom stereocenters. The van der Waals surface area contributed by atoms with E-state index >= 15 is 0 Å². The fourth-order valence-electron chi connectivity index (χ4n) is 3.78. The number of nitrogens with one attached hydrogen (secondary N) is 2. The summed E-state index contributed by atoms with van der Waals surface area (Å²) in [7, 11) is 0. The van der Waals surface area contributed by atoms with E-state index in [1.807, 2.05) is 42.5 Å². The molecule has 0 aromatic heterocycles. The van der Waals surface area contributed by atoms with E-state index in [1.54, 1.807) is 0 Å². The van der Waals surface area contributed by atoms with E-state index in [2.05, 4.69) is 29.7 Å². The van der Waals surface area contributed by atoms with Crippen LogP contribution in [0, 0.1) is 0 Å². The van der Waals surface area contributed by atoms with Crippen molar-refractivity contribution >= 4 is 23.4 Å². The summed E-state index contributed by atoms with van der Waals surface area (Å²) in [4.78, 5) is 24.3. The fraction of sp³-hybridized carbons (Fsp3) is 0.391. The summed E-state index contributed by atoms with van der Waals surface area (Å²) in [6.07, 6.45) is 3.01. The molecule has 1 saturated heterocycles. The van der Waals surface area contributed by atoms with Crippen molar-refractivity contribution in [2.75, 3.05) is 6.54 Å². The topological polar surface area (TPSA) is 58.2 Å². The van der Waals surface area contributed by atoms with Crippen LogP contribution in [0.4, 0.5) is 0 Å². The predicted molar refractivity (Wildman–Crippen MR) is 112 cm³/mol. The van der Waals surface area contributed by atoms with Gasteiger partial charge in [0, 0.05) is 29.9 Å². The monoisotopic (exact) mass is 398 g/mol. The highest BCUT2D eigenvalue weighted by Crippen LogP contribution is 2.30.